The number of rotatable bonds is 5. The number of amides is 2. The first-order valence-corrected chi connectivity index (χ1v) is 8.81. The molecule has 1 aromatic heterocycles. The molecule has 3 aromatic rings. The summed E-state index contributed by atoms with van der Waals surface area (Å²) < 4.78 is 5.16. The second-order valence-corrected chi connectivity index (χ2v) is 6.74. The molecule has 0 saturated carbocycles. The number of carbonyl (C=O) groups excluding carboxylic acids is 2. The number of nitrogens with two attached hydrogens (primary N) is 1. The molecule has 4 rings (SSSR count). The fourth-order valence-corrected chi connectivity index (χ4v) is 3.45. The fraction of sp³-hybridized carbons (Fsp3) is 0.136. The number of hydrogen-bond donors (Lipinski definition) is 1. The SMILES string of the molecule is C=C(CN1Cc2c(ccc3ccc(-c4ccc(OC)cn4)cc23)C1=O)C(N)=O. The largest absolute Gasteiger partial charge is 0.495 e. The van der Waals surface area contributed by atoms with Crippen molar-refractivity contribution in [2.75, 3.05) is 13.7 Å². The topological polar surface area (TPSA) is 85.5 Å². The minimum atomic E-state index is -0.596. The summed E-state index contributed by atoms with van der Waals surface area (Å²) in [4.78, 5) is 30.1. The third-order valence-electron chi connectivity index (χ3n) is 5.00. The number of nitrogens with zero attached hydrogens (tertiary/aromatic N) is 2. The van der Waals surface area contributed by atoms with E-state index in [1.54, 1.807) is 18.2 Å². The molecule has 0 aliphatic carbocycles. The van der Waals surface area contributed by atoms with Crippen molar-refractivity contribution in [3.8, 4) is 17.0 Å². The molecule has 6 heteroatoms. The van der Waals surface area contributed by atoms with E-state index in [0.717, 1.165) is 27.6 Å². The summed E-state index contributed by atoms with van der Waals surface area (Å²) in [6.07, 6.45) is 1.68. The predicted molar refractivity (Wildman–Crippen MR) is 107 cm³/mol. The quantitative estimate of drug-likeness (QED) is 0.697. The lowest BCUT2D eigenvalue weighted by molar-refractivity contribution is -0.114. The summed E-state index contributed by atoms with van der Waals surface area (Å²) in [6, 6.07) is 13.6. The molecule has 2 heterocycles. The van der Waals surface area contributed by atoms with Gasteiger partial charge in [0.15, 0.2) is 0 Å². The molecular weight excluding hydrogens is 354 g/mol. The smallest absolute Gasteiger partial charge is 0.254 e. The van der Waals surface area contributed by atoms with Gasteiger partial charge in [0.2, 0.25) is 5.91 Å². The molecule has 1 aliphatic rings. The van der Waals surface area contributed by atoms with E-state index in [-0.39, 0.29) is 18.0 Å². The molecule has 0 fully saturated rings. The van der Waals surface area contributed by atoms with Crippen molar-refractivity contribution in [1.29, 1.82) is 0 Å². The van der Waals surface area contributed by atoms with Gasteiger partial charge in [-0.1, -0.05) is 24.8 Å². The summed E-state index contributed by atoms with van der Waals surface area (Å²) in [5.41, 5.74) is 8.84. The first kappa shape index (κ1) is 17.7. The molecule has 2 amide bonds. The van der Waals surface area contributed by atoms with E-state index in [1.807, 2.05) is 42.5 Å². The van der Waals surface area contributed by atoms with Crippen LogP contribution in [0.4, 0.5) is 0 Å². The molecule has 0 unspecified atom stereocenters. The summed E-state index contributed by atoms with van der Waals surface area (Å²) in [5.74, 6) is -0.0184. The number of primary amides is 1. The van der Waals surface area contributed by atoms with Crippen LogP contribution in [0.5, 0.6) is 5.75 Å². The molecule has 0 radical (unpaired) electrons. The maximum absolute atomic E-state index is 12.7. The predicted octanol–water partition coefficient (Wildman–Crippen LogP) is 2.91. The Hall–Kier alpha value is -3.67. The highest BCUT2D eigenvalue weighted by Gasteiger charge is 2.29. The van der Waals surface area contributed by atoms with Crippen LogP contribution >= 0.6 is 0 Å². The zero-order chi connectivity index (χ0) is 19.8. The van der Waals surface area contributed by atoms with Crippen LogP contribution in [-0.2, 0) is 11.3 Å². The Bertz CT molecular complexity index is 1120. The minimum Gasteiger partial charge on any atom is -0.495 e. The van der Waals surface area contributed by atoms with Crippen molar-refractivity contribution >= 4 is 22.6 Å². The normalized spacial score (nSPS) is 12.9. The van der Waals surface area contributed by atoms with Crippen molar-refractivity contribution < 1.29 is 14.3 Å². The number of pyridine rings is 1. The standard InChI is InChI=1S/C22H19N3O3/c1-13(21(23)26)11-25-12-19-17(22(25)27)7-5-14-3-4-15(9-18(14)19)20-8-6-16(28-2)10-24-20/h3-10H,1,11-12H2,2H3,(H2,23,26). The molecule has 2 N–H and O–H groups in total. The van der Waals surface area contributed by atoms with Crippen LogP contribution in [0.3, 0.4) is 0 Å². The van der Waals surface area contributed by atoms with Gasteiger partial charge in [-0.25, -0.2) is 0 Å². The maximum atomic E-state index is 12.7. The van der Waals surface area contributed by atoms with Gasteiger partial charge in [0.1, 0.15) is 5.75 Å². The van der Waals surface area contributed by atoms with Gasteiger partial charge in [-0.05, 0) is 40.6 Å². The molecule has 0 atom stereocenters. The van der Waals surface area contributed by atoms with Crippen LogP contribution in [0.25, 0.3) is 22.0 Å². The van der Waals surface area contributed by atoms with Gasteiger partial charge in [-0.15, -0.1) is 0 Å². The Balaban J connectivity index is 1.74. The molecule has 28 heavy (non-hydrogen) atoms. The second kappa shape index (κ2) is 6.81. The lowest BCUT2D eigenvalue weighted by Gasteiger charge is -2.15. The Labute approximate surface area is 162 Å². The van der Waals surface area contributed by atoms with E-state index in [9.17, 15) is 9.59 Å². The molecule has 6 nitrogen and oxygen atoms in total. The average molecular weight is 373 g/mol. The van der Waals surface area contributed by atoms with Crippen molar-refractivity contribution in [1.82, 2.24) is 9.88 Å². The van der Waals surface area contributed by atoms with Crippen LogP contribution in [0.2, 0.25) is 0 Å². The number of ether oxygens (including phenoxy) is 1. The molecular formula is C22H19N3O3. The molecule has 1 aliphatic heterocycles. The summed E-state index contributed by atoms with van der Waals surface area (Å²) in [6.45, 7) is 4.20. The third-order valence-corrected chi connectivity index (χ3v) is 5.00. The number of hydrogen-bond acceptors (Lipinski definition) is 4. The van der Waals surface area contributed by atoms with E-state index in [4.69, 9.17) is 10.5 Å². The summed E-state index contributed by atoms with van der Waals surface area (Å²) in [5, 5.41) is 2.03. The minimum absolute atomic E-state index is 0.118. The lowest BCUT2D eigenvalue weighted by atomic mass is 9.98. The van der Waals surface area contributed by atoms with E-state index in [1.165, 1.54) is 0 Å². The van der Waals surface area contributed by atoms with E-state index >= 15 is 0 Å². The number of methoxy groups -OCH3 is 1. The molecule has 140 valence electrons. The molecule has 0 bridgehead atoms. The third kappa shape index (κ3) is 2.99. The highest BCUT2D eigenvalue weighted by Crippen LogP contribution is 2.33. The van der Waals surface area contributed by atoms with Crippen LogP contribution in [0, 0.1) is 0 Å². The Morgan fingerprint density at radius 1 is 1.25 bits per heavy atom. The van der Waals surface area contributed by atoms with Gasteiger partial charge in [0.05, 0.1) is 25.5 Å². The highest BCUT2D eigenvalue weighted by molar-refractivity contribution is 6.05. The van der Waals surface area contributed by atoms with Crippen LogP contribution in [-0.4, -0.2) is 35.4 Å². The van der Waals surface area contributed by atoms with Crippen molar-refractivity contribution in [3.63, 3.8) is 0 Å². The molecule has 0 saturated heterocycles. The number of carbonyl (C=O) groups is 2. The van der Waals surface area contributed by atoms with Crippen molar-refractivity contribution in [3.05, 3.63) is 71.9 Å². The van der Waals surface area contributed by atoms with E-state index < -0.39 is 5.91 Å². The van der Waals surface area contributed by atoms with E-state index in [0.29, 0.717) is 17.9 Å². The van der Waals surface area contributed by atoms with Gasteiger partial charge < -0.3 is 15.4 Å². The first-order chi connectivity index (χ1) is 13.5. The van der Waals surface area contributed by atoms with Gasteiger partial charge in [0.25, 0.3) is 5.91 Å². The van der Waals surface area contributed by atoms with Gasteiger partial charge in [-0.3, -0.25) is 14.6 Å². The lowest BCUT2D eigenvalue weighted by Crippen LogP contribution is -2.30. The fourth-order valence-electron chi connectivity index (χ4n) is 3.45. The summed E-state index contributed by atoms with van der Waals surface area (Å²) in [7, 11) is 1.60. The maximum Gasteiger partial charge on any atom is 0.254 e. The number of aromatic nitrogens is 1. The zero-order valence-corrected chi connectivity index (χ0v) is 15.4. The molecule has 2 aromatic carbocycles. The van der Waals surface area contributed by atoms with Crippen molar-refractivity contribution in [2.45, 2.75) is 6.54 Å². The first-order valence-electron chi connectivity index (χ1n) is 8.81. The number of benzene rings is 2. The summed E-state index contributed by atoms with van der Waals surface area (Å²) >= 11 is 0. The Kier molecular flexibility index (Phi) is 4.31. The molecule has 0 spiro atoms. The Morgan fingerprint density at radius 3 is 2.71 bits per heavy atom. The van der Waals surface area contributed by atoms with Crippen LogP contribution < -0.4 is 10.5 Å². The van der Waals surface area contributed by atoms with Crippen LogP contribution in [0.15, 0.2) is 60.8 Å². The van der Waals surface area contributed by atoms with E-state index in [2.05, 4.69) is 11.6 Å². The van der Waals surface area contributed by atoms with Gasteiger partial charge >= 0.3 is 0 Å². The zero-order valence-electron chi connectivity index (χ0n) is 15.4. The van der Waals surface area contributed by atoms with Crippen molar-refractivity contribution in [2.24, 2.45) is 5.73 Å². The van der Waals surface area contributed by atoms with Crippen LogP contribution in [0.1, 0.15) is 15.9 Å². The number of fused-ring (bicyclic) bond motifs is 3. The van der Waals surface area contributed by atoms with Gasteiger partial charge in [0, 0.05) is 23.2 Å². The highest BCUT2D eigenvalue weighted by atomic mass is 16.5. The second-order valence-electron chi connectivity index (χ2n) is 6.74. The average Bonchev–Trinajstić information content (AvgIpc) is 3.03. The monoisotopic (exact) mass is 373 g/mol. The van der Waals surface area contributed by atoms with Gasteiger partial charge in [-0.2, -0.15) is 0 Å². The Morgan fingerprint density at radius 2 is 2.04 bits per heavy atom.